The van der Waals surface area contributed by atoms with Gasteiger partial charge in [0, 0.05) is 10.9 Å². The third kappa shape index (κ3) is 3.84. The highest BCUT2D eigenvalue weighted by molar-refractivity contribution is 6.80. The van der Waals surface area contributed by atoms with Crippen LogP contribution in [0.5, 0.6) is 0 Å². The molecule has 0 heterocycles. The van der Waals surface area contributed by atoms with Gasteiger partial charge in [0.25, 0.3) is 0 Å². The van der Waals surface area contributed by atoms with Gasteiger partial charge in [-0.15, -0.1) is 0 Å². The summed E-state index contributed by atoms with van der Waals surface area (Å²) in [6, 6.07) is 0. The van der Waals surface area contributed by atoms with Crippen molar-refractivity contribution in [2.24, 2.45) is 0 Å². The molecule has 0 aliphatic rings. The highest BCUT2D eigenvalue weighted by Gasteiger charge is 2.42. The zero-order valence-corrected chi connectivity index (χ0v) is 21.8. The highest BCUT2D eigenvalue weighted by Crippen LogP contribution is 2.41. The lowest BCUT2D eigenvalue weighted by molar-refractivity contribution is 0.414. The first kappa shape index (κ1) is 33.0. The largest absolute Gasteiger partial charge is 0.425 e. The van der Waals surface area contributed by atoms with Gasteiger partial charge in [-0.1, -0.05) is 0 Å². The van der Waals surface area contributed by atoms with E-state index in [0.29, 0.717) is 0 Å². The van der Waals surface area contributed by atoms with Gasteiger partial charge in [-0.05, 0) is 0 Å². The van der Waals surface area contributed by atoms with Crippen molar-refractivity contribution in [3.63, 3.8) is 0 Å². The van der Waals surface area contributed by atoms with Crippen LogP contribution in [0.1, 0.15) is 0 Å². The summed E-state index contributed by atoms with van der Waals surface area (Å²) in [5.41, 5.74) is -5.52. The van der Waals surface area contributed by atoms with E-state index < -0.39 is 166 Å². The quantitative estimate of drug-likeness (QED) is 0.0555. The van der Waals surface area contributed by atoms with E-state index in [2.05, 4.69) is 0 Å². The molecular weight excluding hydrogens is 708 g/mol. The van der Waals surface area contributed by atoms with Crippen LogP contribution >= 0.6 is 0 Å². The van der Waals surface area contributed by atoms with Gasteiger partial charge in [0.2, 0.25) is 0 Å². The van der Waals surface area contributed by atoms with Crippen molar-refractivity contribution < 1.29 is 83.3 Å². The van der Waals surface area contributed by atoms with Crippen molar-refractivity contribution in [3.05, 3.63) is 105 Å². The van der Waals surface area contributed by atoms with Gasteiger partial charge in [0.15, 0.2) is 69.8 Å². The van der Waals surface area contributed by atoms with Crippen LogP contribution in [0, 0.1) is 105 Å². The molecule has 6 rings (SSSR count). The van der Waals surface area contributed by atoms with Crippen LogP contribution in [-0.4, -0.2) is 6.99 Å². The molecule has 0 unspecified atom stereocenters. The first-order valence-corrected chi connectivity index (χ1v) is 12.2. The molecule has 0 N–H and O–H groups in total. The second-order valence-electron chi connectivity index (χ2n) is 9.84. The van der Waals surface area contributed by atoms with E-state index in [4.69, 9.17) is 0 Å². The molecule has 0 saturated heterocycles. The smallest absolute Gasteiger partial charge is 0.322 e. The number of benzene rings is 6. The van der Waals surface area contributed by atoms with Crippen LogP contribution < -0.4 is 10.9 Å². The third-order valence-corrected chi connectivity index (χ3v) is 7.51. The van der Waals surface area contributed by atoms with Gasteiger partial charge >= 0.3 is 6.99 Å². The number of halogens is 19. The average molecular weight is 708 g/mol. The maximum absolute atomic E-state index is 15.7. The van der Waals surface area contributed by atoms with Crippen molar-refractivity contribution in [2.45, 2.75) is 0 Å². The highest BCUT2D eigenvalue weighted by atomic mass is 19.2. The van der Waals surface area contributed by atoms with Gasteiger partial charge < -0.3 is 4.32 Å². The number of fused-ring (bicyclic) bond motifs is 4. The molecule has 0 aliphatic heterocycles. The van der Waals surface area contributed by atoms with Crippen LogP contribution in [0.2, 0.25) is 0 Å². The summed E-state index contributed by atoms with van der Waals surface area (Å²) in [5, 5.41) is -18.7. The van der Waals surface area contributed by atoms with Gasteiger partial charge in [0.05, 0.1) is 43.1 Å². The van der Waals surface area contributed by atoms with Crippen molar-refractivity contribution >= 4 is 61.0 Å². The summed E-state index contributed by atoms with van der Waals surface area (Å²) in [4.78, 5) is 0. The van der Waals surface area contributed by atoms with E-state index in [1.54, 1.807) is 0 Å². The van der Waals surface area contributed by atoms with E-state index in [1.807, 2.05) is 0 Å². The second-order valence-corrected chi connectivity index (χ2v) is 9.84. The average Bonchev–Trinajstić information content (AvgIpc) is 3.03. The second kappa shape index (κ2) is 10.5. The lowest BCUT2D eigenvalue weighted by Crippen LogP contribution is -2.47. The summed E-state index contributed by atoms with van der Waals surface area (Å²) in [6.07, 6.45) is 0. The monoisotopic (exact) mass is 708 g/mol. The molecule has 0 bridgehead atoms. The first-order valence-electron chi connectivity index (χ1n) is 12.2. The van der Waals surface area contributed by atoms with Gasteiger partial charge in [-0.2, -0.15) is 0 Å². The van der Waals surface area contributed by atoms with Crippen molar-refractivity contribution in [1.29, 1.82) is 0 Å². The predicted molar refractivity (Wildman–Crippen MR) is 128 cm³/mol. The molecule has 0 atom stereocenters. The summed E-state index contributed by atoms with van der Waals surface area (Å²) >= 11 is 0. The molecule has 0 radical (unpaired) electrons. The Morgan fingerprint density at radius 2 is 0.354 bits per heavy atom. The SMILES string of the molecule is FB(c1c(F)c(F)c2c(F)c3c(F)c(F)c(F)c(F)c3c(F)c2c1F)c1c(F)c(F)c2c(F)c3c(F)c(F)c(F)c(F)c3c(F)c2c1F. The number of hydrogen-bond donors (Lipinski definition) is 0. The van der Waals surface area contributed by atoms with E-state index in [0.717, 1.165) is 0 Å². The molecule has 6 aromatic carbocycles. The Labute approximate surface area is 249 Å². The standard InChI is InChI=1S/C28BF19/c30-11-1-3(13(32)7-5(11)19(38)25(44)27(46)21(7)40)17(36)23(42)9(15(1)34)29(48)10-16(35)2-4(18(37)24(10)43)14(33)8-6(12(2)31)20(39)26(45)28(47)22(8)41. The molecule has 248 valence electrons. The minimum Gasteiger partial charge on any atom is -0.322 e. The minimum absolute atomic E-state index is 2.25. The maximum atomic E-state index is 15.7. The number of rotatable bonds is 2. The molecule has 0 spiro atoms. The van der Waals surface area contributed by atoms with Crippen molar-refractivity contribution in [3.8, 4) is 0 Å². The Balaban J connectivity index is 1.76. The zero-order valence-electron chi connectivity index (χ0n) is 21.8. The fraction of sp³-hybridized carbons (Fsp3) is 0. The van der Waals surface area contributed by atoms with E-state index in [-0.39, 0.29) is 0 Å². The van der Waals surface area contributed by atoms with Crippen molar-refractivity contribution in [1.82, 2.24) is 0 Å². The molecular formula is C28BF19. The van der Waals surface area contributed by atoms with Gasteiger partial charge in [-0.25, -0.2) is 79.0 Å². The Kier molecular flexibility index (Phi) is 7.25. The summed E-state index contributed by atoms with van der Waals surface area (Å²) in [5.74, 6) is -51.4. The van der Waals surface area contributed by atoms with Crippen LogP contribution in [-0.2, 0) is 0 Å². The summed E-state index contributed by atoms with van der Waals surface area (Å²) < 4.78 is 280. The molecule has 0 fully saturated rings. The van der Waals surface area contributed by atoms with Crippen molar-refractivity contribution in [2.75, 3.05) is 0 Å². The Morgan fingerprint density at radius 1 is 0.188 bits per heavy atom. The zero-order chi connectivity index (χ0) is 35.7. The summed E-state index contributed by atoms with van der Waals surface area (Å²) in [6.45, 7) is -4.39. The molecule has 0 nitrogen and oxygen atoms in total. The molecule has 0 aromatic heterocycles. The maximum Gasteiger partial charge on any atom is 0.425 e. The van der Waals surface area contributed by atoms with Crippen LogP contribution in [0.4, 0.5) is 83.3 Å². The third-order valence-electron chi connectivity index (χ3n) is 7.51. The predicted octanol–water partition coefficient (Wildman–Crippen LogP) is 8.88. The fourth-order valence-electron chi connectivity index (χ4n) is 5.36. The molecule has 0 amide bonds. The molecule has 0 saturated carbocycles. The molecule has 6 aromatic rings. The Hall–Kier alpha value is -4.91. The lowest BCUT2D eigenvalue weighted by atomic mass is 9.56. The van der Waals surface area contributed by atoms with E-state index in [9.17, 15) is 35.1 Å². The Morgan fingerprint density at radius 3 is 0.562 bits per heavy atom. The molecule has 0 aliphatic carbocycles. The van der Waals surface area contributed by atoms with Crippen LogP contribution in [0.25, 0.3) is 43.1 Å². The Bertz CT molecular complexity index is 2340. The molecule has 48 heavy (non-hydrogen) atoms. The number of hydrogen-bond acceptors (Lipinski definition) is 0. The van der Waals surface area contributed by atoms with Crippen LogP contribution in [0.3, 0.4) is 0 Å². The van der Waals surface area contributed by atoms with E-state index in [1.165, 1.54) is 0 Å². The summed E-state index contributed by atoms with van der Waals surface area (Å²) in [7, 11) is 0. The van der Waals surface area contributed by atoms with Gasteiger partial charge in [0.1, 0.15) is 34.9 Å². The topological polar surface area (TPSA) is 0 Å². The molecule has 20 heteroatoms. The normalized spacial score (nSPS) is 12.1. The van der Waals surface area contributed by atoms with E-state index >= 15 is 48.2 Å². The lowest BCUT2D eigenvalue weighted by Gasteiger charge is -2.18. The van der Waals surface area contributed by atoms with Gasteiger partial charge in [-0.3, -0.25) is 0 Å². The first-order chi connectivity index (χ1) is 22.3. The minimum atomic E-state index is -4.39. The van der Waals surface area contributed by atoms with Crippen LogP contribution in [0.15, 0.2) is 0 Å². The fourth-order valence-corrected chi connectivity index (χ4v) is 5.36.